The van der Waals surface area contributed by atoms with Crippen LogP contribution in [-0.2, 0) is 4.79 Å². The van der Waals surface area contributed by atoms with E-state index in [-0.39, 0.29) is 0 Å². The second-order valence-corrected chi connectivity index (χ2v) is 4.06. The molecule has 0 radical (unpaired) electrons. The van der Waals surface area contributed by atoms with Crippen LogP contribution in [0.25, 0.3) is 6.08 Å². The molecule has 0 amide bonds. The quantitative estimate of drug-likeness (QED) is 0.745. The van der Waals surface area contributed by atoms with Crippen LogP contribution in [0.4, 0.5) is 0 Å². The van der Waals surface area contributed by atoms with Gasteiger partial charge in [0.1, 0.15) is 0 Å². The van der Waals surface area contributed by atoms with Gasteiger partial charge in [0.2, 0.25) is 0 Å². The third-order valence-electron chi connectivity index (χ3n) is 2.80. The molecule has 0 N–H and O–H groups in total. The zero-order chi connectivity index (χ0) is 11.2. The lowest BCUT2D eigenvalue weighted by Gasteiger charge is -2.08. The fourth-order valence-electron chi connectivity index (χ4n) is 1.90. The van der Waals surface area contributed by atoms with Crippen LogP contribution in [0.5, 0.6) is 0 Å². The third-order valence-corrected chi connectivity index (χ3v) is 2.80. The average molecular weight is 212 g/mol. The van der Waals surface area contributed by atoms with E-state index >= 15 is 0 Å². The van der Waals surface area contributed by atoms with Gasteiger partial charge in [-0.2, -0.15) is 0 Å². The lowest BCUT2D eigenvalue weighted by molar-refractivity contribution is -0.116. The topological polar surface area (TPSA) is 17.1 Å². The van der Waals surface area contributed by atoms with Gasteiger partial charge in [-0.25, -0.2) is 0 Å². The number of allylic oxidation sites excluding steroid dienone is 3. The molecule has 0 saturated carbocycles. The first-order valence-corrected chi connectivity index (χ1v) is 5.80. The predicted octanol–water partition coefficient (Wildman–Crippen LogP) is 3.77. The normalized spacial score (nSPS) is 16.5. The second kappa shape index (κ2) is 5.45. The SMILES string of the molecule is O=C1CCCC=C1CC=Cc1ccccc1. The number of Topliss-reactive ketones (excluding diaryl/α,β-unsaturated/α-hetero) is 1. The van der Waals surface area contributed by atoms with E-state index in [1.165, 1.54) is 5.56 Å². The van der Waals surface area contributed by atoms with Gasteiger partial charge in [-0.3, -0.25) is 4.79 Å². The highest BCUT2D eigenvalue weighted by molar-refractivity contribution is 5.96. The van der Waals surface area contributed by atoms with E-state index in [0.29, 0.717) is 5.78 Å². The van der Waals surface area contributed by atoms with Crippen LogP contribution in [0.15, 0.2) is 48.1 Å². The van der Waals surface area contributed by atoms with Crippen LogP contribution in [0.1, 0.15) is 31.2 Å². The monoisotopic (exact) mass is 212 g/mol. The Morgan fingerprint density at radius 3 is 2.75 bits per heavy atom. The van der Waals surface area contributed by atoms with Crippen molar-refractivity contribution in [1.29, 1.82) is 0 Å². The summed E-state index contributed by atoms with van der Waals surface area (Å²) < 4.78 is 0. The van der Waals surface area contributed by atoms with Crippen molar-refractivity contribution >= 4 is 11.9 Å². The number of hydrogen-bond acceptors (Lipinski definition) is 1. The summed E-state index contributed by atoms with van der Waals surface area (Å²) in [4.78, 5) is 11.5. The molecular weight excluding hydrogens is 196 g/mol. The fourth-order valence-corrected chi connectivity index (χ4v) is 1.90. The molecule has 16 heavy (non-hydrogen) atoms. The van der Waals surface area contributed by atoms with Crippen LogP contribution in [-0.4, -0.2) is 5.78 Å². The van der Waals surface area contributed by atoms with E-state index in [1.54, 1.807) is 0 Å². The fraction of sp³-hybridized carbons (Fsp3) is 0.267. The molecule has 0 unspecified atom stereocenters. The first-order valence-electron chi connectivity index (χ1n) is 5.80. The van der Waals surface area contributed by atoms with Crippen molar-refractivity contribution in [2.75, 3.05) is 0 Å². The van der Waals surface area contributed by atoms with Crippen molar-refractivity contribution in [3.8, 4) is 0 Å². The molecule has 2 rings (SSSR count). The van der Waals surface area contributed by atoms with Crippen LogP contribution < -0.4 is 0 Å². The van der Waals surface area contributed by atoms with Crippen LogP contribution in [0.2, 0.25) is 0 Å². The number of carbonyl (C=O) groups excluding carboxylic acids is 1. The molecule has 0 heterocycles. The summed E-state index contributed by atoms with van der Waals surface area (Å²) in [7, 11) is 0. The van der Waals surface area contributed by atoms with Crippen LogP contribution >= 0.6 is 0 Å². The molecule has 1 heteroatoms. The van der Waals surface area contributed by atoms with E-state index in [1.807, 2.05) is 18.2 Å². The summed E-state index contributed by atoms with van der Waals surface area (Å²) >= 11 is 0. The van der Waals surface area contributed by atoms with Crippen molar-refractivity contribution < 1.29 is 4.79 Å². The van der Waals surface area contributed by atoms with Gasteiger partial charge in [0.25, 0.3) is 0 Å². The van der Waals surface area contributed by atoms with E-state index in [2.05, 4.69) is 30.4 Å². The average Bonchev–Trinajstić information content (AvgIpc) is 2.33. The van der Waals surface area contributed by atoms with Crippen molar-refractivity contribution in [3.05, 3.63) is 53.6 Å². The summed E-state index contributed by atoms with van der Waals surface area (Å²) in [6.07, 6.45) is 9.80. The minimum absolute atomic E-state index is 0.323. The molecule has 0 saturated heterocycles. The second-order valence-electron chi connectivity index (χ2n) is 4.06. The van der Waals surface area contributed by atoms with E-state index in [9.17, 15) is 4.79 Å². The summed E-state index contributed by atoms with van der Waals surface area (Å²) in [6.45, 7) is 0. The lowest BCUT2D eigenvalue weighted by Crippen LogP contribution is -2.05. The molecular formula is C15H16O. The molecule has 0 aliphatic heterocycles. The molecule has 0 fully saturated rings. The summed E-state index contributed by atoms with van der Waals surface area (Å²) in [5.41, 5.74) is 2.17. The molecule has 1 nitrogen and oxygen atoms in total. The molecule has 0 atom stereocenters. The van der Waals surface area contributed by atoms with Gasteiger partial charge < -0.3 is 0 Å². The molecule has 1 aliphatic rings. The van der Waals surface area contributed by atoms with Crippen molar-refractivity contribution in [3.63, 3.8) is 0 Å². The zero-order valence-electron chi connectivity index (χ0n) is 9.36. The maximum atomic E-state index is 11.5. The van der Waals surface area contributed by atoms with E-state index < -0.39 is 0 Å². The van der Waals surface area contributed by atoms with Crippen molar-refractivity contribution in [2.24, 2.45) is 0 Å². The van der Waals surface area contributed by atoms with Gasteiger partial charge in [-0.15, -0.1) is 0 Å². The molecule has 0 aromatic heterocycles. The lowest BCUT2D eigenvalue weighted by atomic mass is 9.95. The Morgan fingerprint density at radius 1 is 1.19 bits per heavy atom. The van der Waals surface area contributed by atoms with Gasteiger partial charge >= 0.3 is 0 Å². The summed E-state index contributed by atoms with van der Waals surface area (Å²) in [5.74, 6) is 0.323. The van der Waals surface area contributed by atoms with Crippen molar-refractivity contribution in [2.45, 2.75) is 25.7 Å². The van der Waals surface area contributed by atoms with E-state index in [0.717, 1.165) is 31.3 Å². The minimum Gasteiger partial charge on any atom is -0.295 e. The standard InChI is InChI=1S/C15H16O/c16-15-12-5-4-10-14(15)11-6-9-13-7-2-1-3-8-13/h1-3,6-10H,4-5,11-12H2. The third kappa shape index (κ3) is 2.93. The Labute approximate surface area is 96.5 Å². The Balaban J connectivity index is 1.94. The van der Waals surface area contributed by atoms with E-state index in [4.69, 9.17) is 0 Å². The Hall–Kier alpha value is -1.63. The highest BCUT2D eigenvalue weighted by Gasteiger charge is 2.11. The summed E-state index contributed by atoms with van der Waals surface area (Å²) in [5, 5.41) is 0. The highest BCUT2D eigenvalue weighted by Crippen LogP contribution is 2.17. The van der Waals surface area contributed by atoms with Gasteiger partial charge in [-0.05, 0) is 30.4 Å². The van der Waals surface area contributed by atoms with Gasteiger partial charge in [0, 0.05) is 6.42 Å². The molecule has 82 valence electrons. The molecule has 1 aromatic carbocycles. The predicted molar refractivity (Wildman–Crippen MR) is 67.0 cm³/mol. The molecule has 0 bridgehead atoms. The Bertz CT molecular complexity index is 412. The van der Waals surface area contributed by atoms with Gasteiger partial charge in [0.15, 0.2) is 5.78 Å². The Kier molecular flexibility index (Phi) is 3.71. The molecule has 0 spiro atoms. The number of hydrogen-bond donors (Lipinski definition) is 0. The maximum Gasteiger partial charge on any atom is 0.158 e. The van der Waals surface area contributed by atoms with Crippen molar-refractivity contribution in [1.82, 2.24) is 0 Å². The van der Waals surface area contributed by atoms with Crippen LogP contribution in [0.3, 0.4) is 0 Å². The maximum absolute atomic E-state index is 11.5. The molecule has 1 aromatic rings. The number of ketones is 1. The first-order chi connectivity index (χ1) is 7.86. The van der Waals surface area contributed by atoms with Gasteiger partial charge in [0.05, 0.1) is 0 Å². The molecule has 1 aliphatic carbocycles. The minimum atomic E-state index is 0.323. The number of benzene rings is 1. The summed E-state index contributed by atoms with van der Waals surface area (Å²) in [6, 6.07) is 10.2. The van der Waals surface area contributed by atoms with Gasteiger partial charge in [-0.1, -0.05) is 48.6 Å². The zero-order valence-corrected chi connectivity index (χ0v) is 9.36. The number of carbonyl (C=O) groups is 1. The highest BCUT2D eigenvalue weighted by atomic mass is 16.1. The number of rotatable bonds is 3. The largest absolute Gasteiger partial charge is 0.295 e. The van der Waals surface area contributed by atoms with Crippen LogP contribution in [0, 0.1) is 0 Å². The smallest absolute Gasteiger partial charge is 0.158 e. The Morgan fingerprint density at radius 2 is 2.00 bits per heavy atom. The first kappa shape index (κ1) is 10.9.